The van der Waals surface area contributed by atoms with E-state index in [1.165, 1.54) is 22.9 Å². The first-order chi connectivity index (χ1) is 15.5. The largest absolute Gasteiger partial charge is 0.395 e. The van der Waals surface area contributed by atoms with Gasteiger partial charge >= 0.3 is 0 Å². The first-order valence-electron chi connectivity index (χ1n) is 11.2. The second kappa shape index (κ2) is 8.48. The molecule has 2 aromatic carbocycles. The maximum absolute atomic E-state index is 11.0. The van der Waals surface area contributed by atoms with Crippen LogP contribution in [-0.2, 0) is 28.9 Å². The van der Waals surface area contributed by atoms with Crippen LogP contribution in [0.3, 0.4) is 0 Å². The van der Waals surface area contributed by atoms with Crippen molar-refractivity contribution < 1.29 is 25.2 Å². The Balaban J connectivity index is 1.59. The van der Waals surface area contributed by atoms with Crippen molar-refractivity contribution in [1.29, 1.82) is 0 Å². The molecule has 7 heteroatoms. The molecule has 1 saturated heterocycles. The lowest BCUT2D eigenvalue weighted by molar-refractivity contribution is -0.157. The van der Waals surface area contributed by atoms with Gasteiger partial charge in [-0.2, -0.15) is 0 Å². The molecule has 1 fully saturated rings. The zero-order chi connectivity index (χ0) is 22.5. The van der Waals surface area contributed by atoms with E-state index in [9.17, 15) is 20.4 Å². The molecular formula is C25H29NO5S. The summed E-state index contributed by atoms with van der Waals surface area (Å²) in [5.41, 5.74) is 6.44. The van der Waals surface area contributed by atoms with E-state index in [-0.39, 0.29) is 6.61 Å². The number of fused-ring (bicyclic) bond motifs is 4. The highest BCUT2D eigenvalue weighted by atomic mass is 32.2. The van der Waals surface area contributed by atoms with Crippen molar-refractivity contribution in [2.24, 2.45) is 0 Å². The van der Waals surface area contributed by atoms with Gasteiger partial charge < -0.3 is 30.1 Å². The van der Waals surface area contributed by atoms with Gasteiger partial charge in [-0.3, -0.25) is 0 Å². The molecule has 0 radical (unpaired) electrons. The number of aliphatic hydroxyl groups is 4. The number of thioether (sulfide) groups is 1. The predicted octanol–water partition coefficient (Wildman–Crippen LogP) is 2.24. The van der Waals surface area contributed by atoms with Crippen molar-refractivity contribution in [2.45, 2.75) is 54.7 Å². The lowest BCUT2D eigenvalue weighted by Crippen LogP contribution is -2.60. The molecule has 1 spiro atoms. The molecule has 32 heavy (non-hydrogen) atoms. The number of rotatable bonds is 4. The number of aromatic amines is 1. The van der Waals surface area contributed by atoms with E-state index in [0.717, 1.165) is 40.6 Å². The minimum atomic E-state index is -1.41. The number of H-pyrrole nitrogens is 1. The molecule has 1 aromatic heterocycles. The normalized spacial score (nSPS) is 30.0. The van der Waals surface area contributed by atoms with Gasteiger partial charge in [-0.15, -0.1) is 11.8 Å². The standard InChI is InChI=1S/C25H29NO5S/c1-2-14-6-8-15(9-7-14)12-16-4-3-5-17-18-10-11-31-25(23(18)26-20(16)17)24(30)22(29)21(28)19(13-27)32-25/h3-9,19,21-22,24,26-30H,2,10-13H2,1H3/t19-,21-,22+,24-,25+/m1/s1. The van der Waals surface area contributed by atoms with Crippen molar-refractivity contribution in [3.8, 4) is 0 Å². The molecule has 0 aliphatic carbocycles. The summed E-state index contributed by atoms with van der Waals surface area (Å²) >= 11 is 1.18. The third-order valence-corrected chi connectivity index (χ3v) is 8.46. The molecular weight excluding hydrogens is 426 g/mol. The van der Waals surface area contributed by atoms with Crippen LogP contribution in [0.5, 0.6) is 0 Å². The van der Waals surface area contributed by atoms with Crippen molar-refractivity contribution in [1.82, 2.24) is 4.98 Å². The molecule has 0 amide bonds. The summed E-state index contributed by atoms with van der Waals surface area (Å²) in [5, 5.41) is 42.0. The number of ether oxygens (including phenoxy) is 1. The minimum Gasteiger partial charge on any atom is -0.395 e. The van der Waals surface area contributed by atoms with Gasteiger partial charge in [0.05, 0.1) is 30.3 Å². The topological polar surface area (TPSA) is 106 Å². The van der Waals surface area contributed by atoms with Gasteiger partial charge in [0.2, 0.25) is 0 Å². The summed E-state index contributed by atoms with van der Waals surface area (Å²) in [5.74, 6) is 0. The van der Waals surface area contributed by atoms with Gasteiger partial charge in [-0.25, -0.2) is 0 Å². The van der Waals surface area contributed by atoms with Crippen LogP contribution in [0, 0.1) is 0 Å². The summed E-state index contributed by atoms with van der Waals surface area (Å²) in [7, 11) is 0. The molecule has 3 heterocycles. The lowest BCUT2D eigenvalue weighted by atomic mass is 9.92. The van der Waals surface area contributed by atoms with Crippen molar-refractivity contribution in [2.75, 3.05) is 13.2 Å². The monoisotopic (exact) mass is 455 g/mol. The molecule has 5 rings (SSSR count). The van der Waals surface area contributed by atoms with Crippen LogP contribution in [0.25, 0.3) is 10.9 Å². The van der Waals surface area contributed by atoms with Crippen molar-refractivity contribution in [3.05, 3.63) is 70.4 Å². The summed E-state index contributed by atoms with van der Waals surface area (Å²) in [6.45, 7) is 2.20. The molecule has 0 saturated carbocycles. The maximum Gasteiger partial charge on any atom is 0.183 e. The van der Waals surface area contributed by atoms with Gasteiger partial charge in [0.15, 0.2) is 4.93 Å². The van der Waals surface area contributed by atoms with Crippen LogP contribution < -0.4 is 0 Å². The highest BCUT2D eigenvalue weighted by Gasteiger charge is 2.57. The Bertz CT molecular complexity index is 1110. The molecule has 6 nitrogen and oxygen atoms in total. The Hall–Kier alpha value is -1.87. The van der Waals surface area contributed by atoms with Gasteiger partial charge in [0.1, 0.15) is 12.2 Å². The Labute approximate surface area is 191 Å². The fourth-order valence-electron chi connectivity index (χ4n) is 5.00. The molecule has 2 aliphatic rings. The number of benzene rings is 2. The van der Waals surface area contributed by atoms with Crippen LogP contribution in [0.15, 0.2) is 42.5 Å². The molecule has 0 unspecified atom stereocenters. The molecule has 0 bridgehead atoms. The summed E-state index contributed by atoms with van der Waals surface area (Å²) in [4.78, 5) is 2.25. The summed E-state index contributed by atoms with van der Waals surface area (Å²) < 4.78 is 6.11. The van der Waals surface area contributed by atoms with E-state index in [0.29, 0.717) is 13.0 Å². The fraction of sp³-hybridized carbons (Fsp3) is 0.440. The highest BCUT2D eigenvalue weighted by Crippen LogP contribution is 2.53. The summed E-state index contributed by atoms with van der Waals surface area (Å²) in [6, 6.07) is 14.9. The smallest absolute Gasteiger partial charge is 0.183 e. The van der Waals surface area contributed by atoms with Gasteiger partial charge in [-0.05, 0) is 41.5 Å². The lowest BCUT2D eigenvalue weighted by Gasteiger charge is -2.49. The number of nitrogens with one attached hydrogen (secondary N) is 1. The number of aliphatic hydroxyl groups excluding tert-OH is 4. The average molecular weight is 456 g/mol. The molecule has 5 N–H and O–H groups in total. The number of hydrogen-bond acceptors (Lipinski definition) is 6. The van der Waals surface area contributed by atoms with E-state index in [4.69, 9.17) is 4.74 Å². The fourth-order valence-corrected chi connectivity index (χ4v) is 6.54. The summed E-state index contributed by atoms with van der Waals surface area (Å²) in [6.07, 6.45) is -1.52. The Morgan fingerprint density at radius 2 is 1.81 bits per heavy atom. The highest BCUT2D eigenvalue weighted by molar-refractivity contribution is 8.00. The number of hydrogen-bond donors (Lipinski definition) is 5. The van der Waals surface area contributed by atoms with Crippen LogP contribution in [-0.4, -0.2) is 62.2 Å². The SMILES string of the molecule is CCc1ccc(Cc2cccc3c4c([nH]c23)[C@]2(OCC4)S[C@H](CO)[C@@H](O)[C@H](O)[C@H]2O)cc1. The van der Waals surface area contributed by atoms with Crippen molar-refractivity contribution in [3.63, 3.8) is 0 Å². The average Bonchev–Trinajstić information content (AvgIpc) is 3.22. The minimum absolute atomic E-state index is 0.324. The Kier molecular flexibility index (Phi) is 5.82. The number of aromatic nitrogens is 1. The van der Waals surface area contributed by atoms with Crippen LogP contribution in [0.4, 0.5) is 0 Å². The third-order valence-electron chi connectivity index (χ3n) is 6.82. The first kappa shape index (κ1) is 21.9. The van der Waals surface area contributed by atoms with E-state index in [1.807, 2.05) is 6.07 Å². The van der Waals surface area contributed by atoms with Gasteiger partial charge in [0, 0.05) is 10.9 Å². The molecule has 5 atom stereocenters. The van der Waals surface area contributed by atoms with Crippen LogP contribution >= 0.6 is 11.8 Å². The Morgan fingerprint density at radius 1 is 1.06 bits per heavy atom. The van der Waals surface area contributed by atoms with Crippen molar-refractivity contribution >= 4 is 22.7 Å². The predicted molar refractivity (Wildman–Crippen MR) is 125 cm³/mol. The number of aryl methyl sites for hydroxylation is 1. The van der Waals surface area contributed by atoms with Crippen LogP contribution in [0.2, 0.25) is 0 Å². The van der Waals surface area contributed by atoms with E-state index < -0.39 is 28.5 Å². The van der Waals surface area contributed by atoms with E-state index >= 15 is 0 Å². The zero-order valence-electron chi connectivity index (χ0n) is 18.0. The van der Waals surface area contributed by atoms with Crippen LogP contribution in [0.1, 0.15) is 34.9 Å². The second-order valence-corrected chi connectivity index (χ2v) is 10.1. The second-order valence-electron chi connectivity index (χ2n) is 8.70. The Morgan fingerprint density at radius 3 is 2.53 bits per heavy atom. The third kappa shape index (κ3) is 3.39. The van der Waals surface area contributed by atoms with E-state index in [1.54, 1.807) is 0 Å². The maximum atomic E-state index is 11.0. The quantitative estimate of drug-likeness (QED) is 0.413. The molecule has 3 aromatic rings. The molecule has 2 aliphatic heterocycles. The first-order valence-corrected chi connectivity index (χ1v) is 12.0. The van der Waals surface area contributed by atoms with Gasteiger partial charge in [-0.1, -0.05) is 49.4 Å². The van der Waals surface area contributed by atoms with E-state index in [2.05, 4.69) is 48.3 Å². The zero-order valence-corrected chi connectivity index (χ0v) is 18.8. The number of para-hydroxylation sites is 1. The van der Waals surface area contributed by atoms with Gasteiger partial charge in [0.25, 0.3) is 0 Å². The molecule has 170 valence electrons.